The van der Waals surface area contributed by atoms with Gasteiger partial charge in [-0.2, -0.15) is 9.97 Å². The van der Waals surface area contributed by atoms with E-state index in [9.17, 15) is 13.6 Å². The number of nitrogens with one attached hydrogen (secondary N) is 1. The molecule has 6 aromatic rings. The maximum Gasteiger partial charge on any atom is 0.266 e. The van der Waals surface area contributed by atoms with Crippen LogP contribution in [0.15, 0.2) is 103 Å². The minimum absolute atomic E-state index is 0.00690. The van der Waals surface area contributed by atoms with Gasteiger partial charge in [-0.1, -0.05) is 53.7 Å². The van der Waals surface area contributed by atoms with Gasteiger partial charge in [0, 0.05) is 11.3 Å². The Kier molecular flexibility index (Phi) is 11.9. The highest BCUT2D eigenvalue weighted by molar-refractivity contribution is 7.78. The molecule has 0 saturated carbocycles. The van der Waals surface area contributed by atoms with Crippen LogP contribution in [0.5, 0.6) is 29.0 Å². The number of hydrogen-bond acceptors (Lipinski definition) is 12. The number of anilines is 1. The molecule has 2 heterocycles. The van der Waals surface area contributed by atoms with Crippen LogP contribution in [-0.2, 0) is 36.6 Å². The maximum atomic E-state index is 14.0. The largest absolute Gasteiger partial charge is 0.772 e. The van der Waals surface area contributed by atoms with Gasteiger partial charge in [-0.25, -0.2) is 4.68 Å². The van der Waals surface area contributed by atoms with Gasteiger partial charge in [-0.05, 0) is 76.3 Å². The average Bonchev–Trinajstić information content (AvgIpc) is 3.65. The first kappa shape index (κ1) is 36.5. The molecule has 0 aliphatic rings. The molecule has 1 atom stereocenters. The lowest BCUT2D eigenvalue weighted by Gasteiger charge is -2.17. The van der Waals surface area contributed by atoms with Crippen LogP contribution in [0.3, 0.4) is 0 Å². The first-order valence-corrected chi connectivity index (χ1v) is 17.5. The number of benzene rings is 4. The molecule has 0 bridgehead atoms. The van der Waals surface area contributed by atoms with Crippen molar-refractivity contribution in [2.24, 2.45) is 0 Å². The fourth-order valence-electron chi connectivity index (χ4n) is 5.13. The van der Waals surface area contributed by atoms with Gasteiger partial charge in [0.2, 0.25) is 11.8 Å². The summed E-state index contributed by atoms with van der Waals surface area (Å²) in [5.74, 6) is 0.542. The van der Waals surface area contributed by atoms with Crippen LogP contribution < -0.4 is 29.0 Å². The van der Waals surface area contributed by atoms with E-state index >= 15 is 0 Å². The molecule has 0 fully saturated rings. The third-order valence-electron chi connectivity index (χ3n) is 7.91. The minimum atomic E-state index is -2.53. The van der Waals surface area contributed by atoms with Crippen molar-refractivity contribution < 1.29 is 37.2 Å². The fraction of sp³-hybridized carbons (Fsp3) is 0.184. The van der Waals surface area contributed by atoms with Crippen LogP contribution >= 0.6 is 0 Å². The van der Waals surface area contributed by atoms with Gasteiger partial charge < -0.3 is 33.6 Å². The van der Waals surface area contributed by atoms with Crippen LogP contribution in [0, 0.1) is 0 Å². The van der Waals surface area contributed by atoms with Crippen molar-refractivity contribution in [2.45, 2.75) is 25.5 Å². The lowest BCUT2D eigenvalue weighted by molar-refractivity contribution is 0.101. The Morgan fingerprint density at radius 3 is 1.68 bits per heavy atom. The van der Waals surface area contributed by atoms with E-state index in [0.717, 1.165) is 28.0 Å². The average molecular weight is 736 g/mol. The monoisotopic (exact) mass is 735 g/mol. The van der Waals surface area contributed by atoms with Crippen LogP contribution in [-0.4, -0.2) is 61.0 Å². The van der Waals surface area contributed by atoms with Gasteiger partial charge in [0.25, 0.3) is 5.91 Å². The molecule has 272 valence electrons. The highest BCUT2D eigenvalue weighted by Gasteiger charge is 2.25. The van der Waals surface area contributed by atoms with E-state index in [4.69, 9.17) is 23.7 Å². The molecule has 2 aromatic heterocycles. The van der Waals surface area contributed by atoms with Gasteiger partial charge in [-0.3, -0.25) is 9.00 Å². The van der Waals surface area contributed by atoms with Crippen LogP contribution in [0.25, 0.3) is 11.3 Å². The summed E-state index contributed by atoms with van der Waals surface area (Å²) in [6.07, 6.45) is 1.84. The number of ether oxygens (including phenoxy) is 5. The molecule has 1 amide bonds. The van der Waals surface area contributed by atoms with Crippen LogP contribution in [0.4, 0.5) is 5.69 Å². The Hall–Kier alpha value is -6.32. The summed E-state index contributed by atoms with van der Waals surface area (Å²) < 4.78 is 52.9. The summed E-state index contributed by atoms with van der Waals surface area (Å²) in [7, 11) is 4.75. The van der Waals surface area contributed by atoms with Crippen molar-refractivity contribution in [2.75, 3.05) is 26.6 Å². The molecule has 1 N–H and O–H groups in total. The highest BCUT2D eigenvalue weighted by atomic mass is 32.2. The SMILES string of the molecule is COc1ccc(COc2nc(CS(=O)[O-])nc(OCc3ccc(OC)cc3)c2C(=O)Nc2ccc(-c3cn(Cc4ccc(OC)cc4)nn3)cc2)cc1. The molecule has 4 aromatic carbocycles. The van der Waals surface area contributed by atoms with Crippen molar-refractivity contribution in [3.05, 3.63) is 131 Å². The topological polar surface area (TPSA) is 172 Å². The van der Waals surface area contributed by atoms with Gasteiger partial charge >= 0.3 is 0 Å². The number of methoxy groups -OCH3 is 3. The Morgan fingerprint density at radius 1 is 0.717 bits per heavy atom. The molecule has 53 heavy (non-hydrogen) atoms. The molecule has 0 saturated heterocycles. The Labute approximate surface area is 308 Å². The quantitative estimate of drug-likeness (QED) is 0.122. The van der Waals surface area contributed by atoms with E-state index in [1.165, 1.54) is 0 Å². The van der Waals surface area contributed by atoms with Crippen molar-refractivity contribution >= 4 is 22.7 Å². The van der Waals surface area contributed by atoms with E-state index < -0.39 is 22.7 Å². The number of hydrogen-bond donors (Lipinski definition) is 1. The molecule has 1 unspecified atom stereocenters. The predicted octanol–water partition coefficient (Wildman–Crippen LogP) is 5.60. The van der Waals surface area contributed by atoms with E-state index in [1.807, 2.05) is 42.6 Å². The summed E-state index contributed by atoms with van der Waals surface area (Å²) >= 11 is -2.53. The Morgan fingerprint density at radius 2 is 1.21 bits per heavy atom. The zero-order valence-electron chi connectivity index (χ0n) is 29.1. The normalized spacial score (nSPS) is 11.4. The number of carbonyl (C=O) groups is 1. The molecule has 0 aliphatic heterocycles. The van der Waals surface area contributed by atoms with Crippen LogP contribution in [0.1, 0.15) is 32.9 Å². The van der Waals surface area contributed by atoms with Gasteiger partial charge in [0.15, 0.2) is 5.56 Å². The maximum absolute atomic E-state index is 14.0. The third-order valence-corrected chi connectivity index (χ3v) is 8.41. The summed E-state index contributed by atoms with van der Waals surface area (Å²) in [5.41, 5.74) is 4.32. The third kappa shape index (κ3) is 9.72. The highest BCUT2D eigenvalue weighted by Crippen LogP contribution is 2.30. The number of rotatable bonds is 16. The van der Waals surface area contributed by atoms with Crippen molar-refractivity contribution in [3.8, 4) is 40.3 Å². The first-order valence-electron chi connectivity index (χ1n) is 16.2. The molecule has 14 nitrogen and oxygen atoms in total. The zero-order valence-corrected chi connectivity index (χ0v) is 29.9. The van der Waals surface area contributed by atoms with E-state index in [0.29, 0.717) is 29.4 Å². The number of amides is 1. The standard InChI is InChI=1S/C38H36N6O8S/c1-48-30-14-4-25(5-15-30)20-44-21-33(42-43-44)28-10-12-29(13-11-28)39-36(45)35-37(51-22-26-6-16-31(49-2)17-7-26)40-34(24-53(46)47)41-38(35)52-23-27-8-18-32(50-3)19-9-27/h4-19,21H,20,22-24H2,1-3H3,(H,39,45)(H,46,47)/p-1. The minimum Gasteiger partial charge on any atom is -0.772 e. The summed E-state index contributed by atoms with van der Waals surface area (Å²) in [6.45, 7) is 0.544. The molecule has 15 heteroatoms. The predicted molar refractivity (Wildman–Crippen MR) is 195 cm³/mol. The molecule has 0 aliphatic carbocycles. The molecular formula is C38H35N6O8S-. The molecular weight excluding hydrogens is 701 g/mol. The lowest BCUT2D eigenvalue weighted by atomic mass is 10.1. The Balaban J connectivity index is 1.25. The number of carbonyl (C=O) groups excluding carboxylic acids is 1. The second-order valence-electron chi connectivity index (χ2n) is 11.5. The molecule has 0 radical (unpaired) electrons. The van der Waals surface area contributed by atoms with Gasteiger partial charge in [0.05, 0.1) is 39.8 Å². The van der Waals surface area contributed by atoms with E-state index in [2.05, 4.69) is 25.6 Å². The lowest BCUT2D eigenvalue weighted by Crippen LogP contribution is -2.19. The van der Waals surface area contributed by atoms with Crippen LogP contribution in [0.2, 0.25) is 0 Å². The number of nitrogens with zero attached hydrogens (tertiary/aromatic N) is 5. The fourth-order valence-corrected chi connectivity index (χ4v) is 5.47. The number of aromatic nitrogens is 5. The van der Waals surface area contributed by atoms with E-state index in [1.54, 1.807) is 86.7 Å². The second-order valence-corrected chi connectivity index (χ2v) is 12.4. The smallest absolute Gasteiger partial charge is 0.266 e. The van der Waals surface area contributed by atoms with E-state index in [-0.39, 0.29) is 36.4 Å². The van der Waals surface area contributed by atoms with Gasteiger partial charge in [0.1, 0.15) is 42.0 Å². The summed E-state index contributed by atoms with van der Waals surface area (Å²) in [6, 6.07) is 29.1. The molecule has 6 rings (SSSR count). The van der Waals surface area contributed by atoms with Crippen molar-refractivity contribution in [1.82, 2.24) is 25.0 Å². The first-order chi connectivity index (χ1) is 25.8. The zero-order chi connectivity index (χ0) is 37.2. The Bertz CT molecular complexity index is 2090. The summed E-state index contributed by atoms with van der Waals surface area (Å²) in [4.78, 5) is 22.7. The van der Waals surface area contributed by atoms with Crippen molar-refractivity contribution in [3.63, 3.8) is 0 Å². The summed E-state index contributed by atoms with van der Waals surface area (Å²) in [5, 5.41) is 11.4. The molecule has 0 spiro atoms. The second kappa shape index (κ2) is 17.3. The van der Waals surface area contributed by atoms with Gasteiger partial charge in [-0.15, -0.1) is 5.10 Å². The van der Waals surface area contributed by atoms with Crippen molar-refractivity contribution in [1.29, 1.82) is 0 Å².